The third-order valence-corrected chi connectivity index (χ3v) is 5.67. The van der Waals surface area contributed by atoms with E-state index in [-0.39, 0.29) is 22.7 Å². The Labute approximate surface area is 185 Å². The molecule has 3 aromatic rings. The fraction of sp³-hybridized carbons (Fsp3) is 0.0500. The molecule has 0 radical (unpaired) electrons. The summed E-state index contributed by atoms with van der Waals surface area (Å²) in [7, 11) is -4.55. The Kier molecular flexibility index (Phi) is 6.53. The van der Waals surface area contributed by atoms with Gasteiger partial charge >= 0.3 is 12.2 Å². The summed E-state index contributed by atoms with van der Waals surface area (Å²) in [6, 6.07) is 13.5. The summed E-state index contributed by atoms with van der Waals surface area (Å²) < 4.78 is 66.4. The number of halogens is 3. The van der Waals surface area contributed by atoms with Crippen molar-refractivity contribution in [2.75, 3.05) is 15.4 Å². The van der Waals surface area contributed by atoms with Crippen LogP contribution in [0.5, 0.6) is 0 Å². The number of carbonyl (C=O) groups excluding carboxylic acids is 1. The molecule has 2 amide bonds. The lowest BCUT2D eigenvalue weighted by Crippen LogP contribution is -2.20. The fourth-order valence-corrected chi connectivity index (χ4v) is 4.08. The molecule has 0 aromatic heterocycles. The number of sulfonamides is 1. The quantitative estimate of drug-likeness (QED) is 0.335. The second-order valence-corrected chi connectivity index (χ2v) is 8.18. The summed E-state index contributed by atoms with van der Waals surface area (Å²) in [5.74, 6) is 0. The lowest BCUT2D eigenvalue weighted by molar-refractivity contribution is -0.383. The van der Waals surface area contributed by atoms with Crippen LogP contribution >= 0.6 is 0 Å². The molecular formula is C20H15F3N4O5S. The number of carbonyl (C=O) groups is 1. The number of para-hydroxylation sites is 2. The number of alkyl halides is 3. The van der Waals surface area contributed by atoms with Gasteiger partial charge in [0.15, 0.2) is 0 Å². The van der Waals surface area contributed by atoms with E-state index < -0.39 is 37.6 Å². The Morgan fingerprint density at radius 1 is 0.848 bits per heavy atom. The SMILES string of the molecule is O=C(Nc1ccc(NS(=O)(=O)c2ccccc2C(F)(F)F)cc1)Nc1ccccc1[N+](=O)[O-]. The van der Waals surface area contributed by atoms with Crippen molar-refractivity contribution in [3.05, 3.63) is 88.5 Å². The van der Waals surface area contributed by atoms with Gasteiger partial charge in [-0.1, -0.05) is 24.3 Å². The maximum atomic E-state index is 13.1. The average molecular weight is 480 g/mol. The highest BCUT2D eigenvalue weighted by Crippen LogP contribution is 2.34. The number of hydrogen-bond acceptors (Lipinski definition) is 5. The van der Waals surface area contributed by atoms with E-state index in [1.807, 2.05) is 0 Å². The van der Waals surface area contributed by atoms with Crippen molar-refractivity contribution in [1.29, 1.82) is 0 Å². The highest BCUT2D eigenvalue weighted by atomic mass is 32.2. The van der Waals surface area contributed by atoms with Crippen LogP contribution in [0.2, 0.25) is 0 Å². The lowest BCUT2D eigenvalue weighted by atomic mass is 10.2. The Balaban J connectivity index is 1.71. The molecule has 13 heteroatoms. The normalized spacial score (nSPS) is 11.5. The minimum absolute atomic E-state index is 0.0345. The molecule has 3 aromatic carbocycles. The van der Waals surface area contributed by atoms with Crippen LogP contribution in [-0.2, 0) is 16.2 Å². The molecule has 0 saturated carbocycles. The number of anilines is 3. The molecular weight excluding hydrogens is 465 g/mol. The Hall–Kier alpha value is -4.13. The average Bonchev–Trinajstić information content (AvgIpc) is 2.74. The molecule has 9 nitrogen and oxygen atoms in total. The van der Waals surface area contributed by atoms with E-state index in [9.17, 15) is 36.5 Å². The molecule has 0 atom stereocenters. The summed E-state index contributed by atoms with van der Waals surface area (Å²) in [4.78, 5) is 21.5. The molecule has 0 fully saturated rings. The maximum absolute atomic E-state index is 13.1. The van der Waals surface area contributed by atoms with E-state index in [1.54, 1.807) is 0 Å². The van der Waals surface area contributed by atoms with E-state index in [2.05, 4.69) is 15.4 Å². The summed E-state index contributed by atoms with van der Waals surface area (Å²) in [5, 5.41) is 15.7. The van der Waals surface area contributed by atoms with Gasteiger partial charge in [-0.3, -0.25) is 14.8 Å². The zero-order chi connectivity index (χ0) is 24.2. The van der Waals surface area contributed by atoms with Gasteiger partial charge in [0.1, 0.15) is 5.69 Å². The van der Waals surface area contributed by atoms with Gasteiger partial charge in [-0.25, -0.2) is 13.2 Å². The summed E-state index contributed by atoms with van der Waals surface area (Å²) in [6.07, 6.45) is -4.86. The van der Waals surface area contributed by atoms with Crippen molar-refractivity contribution in [3.8, 4) is 0 Å². The number of nitro benzene ring substituents is 1. The van der Waals surface area contributed by atoms with Crippen molar-refractivity contribution >= 4 is 38.8 Å². The van der Waals surface area contributed by atoms with Gasteiger partial charge in [-0.05, 0) is 42.5 Å². The van der Waals surface area contributed by atoms with Crippen LogP contribution in [0.1, 0.15) is 5.56 Å². The number of amides is 2. The van der Waals surface area contributed by atoms with E-state index >= 15 is 0 Å². The van der Waals surface area contributed by atoms with E-state index in [1.165, 1.54) is 54.6 Å². The first kappa shape index (κ1) is 23.5. The standard InChI is InChI=1S/C20H15F3N4O5S/c21-20(22,23)15-5-1-4-8-18(15)33(31,32)26-14-11-9-13(10-12-14)24-19(28)25-16-6-2-3-7-17(16)27(29)30/h1-12,26H,(H2,24,25,28). The van der Waals surface area contributed by atoms with Gasteiger partial charge in [-0.2, -0.15) is 13.2 Å². The molecule has 172 valence electrons. The molecule has 0 spiro atoms. The molecule has 0 aliphatic rings. The van der Waals surface area contributed by atoms with Crippen molar-refractivity contribution in [2.45, 2.75) is 11.1 Å². The number of nitro groups is 1. The summed E-state index contributed by atoms with van der Waals surface area (Å²) >= 11 is 0. The molecule has 0 heterocycles. The zero-order valence-corrected chi connectivity index (χ0v) is 17.3. The minimum atomic E-state index is -4.86. The Bertz CT molecular complexity index is 1300. The van der Waals surface area contributed by atoms with Crippen LogP contribution in [0.3, 0.4) is 0 Å². The van der Waals surface area contributed by atoms with Crippen LogP contribution in [-0.4, -0.2) is 19.4 Å². The van der Waals surface area contributed by atoms with E-state index in [4.69, 9.17) is 0 Å². The van der Waals surface area contributed by atoms with Gasteiger partial charge in [0.05, 0.1) is 15.4 Å². The number of rotatable bonds is 6. The second-order valence-electron chi connectivity index (χ2n) is 6.53. The molecule has 0 bridgehead atoms. The summed E-state index contributed by atoms with van der Waals surface area (Å²) in [5.41, 5.74) is -1.49. The second kappa shape index (κ2) is 9.16. The number of hydrogen-bond donors (Lipinski definition) is 3. The number of nitrogens with zero attached hydrogens (tertiary/aromatic N) is 1. The molecule has 3 N–H and O–H groups in total. The smallest absolute Gasteiger partial charge is 0.308 e. The predicted octanol–water partition coefficient (Wildman–Crippen LogP) is 5.06. The van der Waals surface area contributed by atoms with Gasteiger partial charge in [0.25, 0.3) is 15.7 Å². The predicted molar refractivity (Wildman–Crippen MR) is 114 cm³/mol. The largest absolute Gasteiger partial charge is 0.417 e. The van der Waals surface area contributed by atoms with E-state index in [0.29, 0.717) is 6.07 Å². The molecule has 0 aliphatic carbocycles. The van der Waals surface area contributed by atoms with Crippen LogP contribution in [0.15, 0.2) is 77.7 Å². The molecule has 0 unspecified atom stereocenters. The molecule has 33 heavy (non-hydrogen) atoms. The number of nitrogens with one attached hydrogen (secondary N) is 3. The highest BCUT2D eigenvalue weighted by Gasteiger charge is 2.36. The zero-order valence-electron chi connectivity index (χ0n) is 16.5. The van der Waals surface area contributed by atoms with E-state index in [0.717, 1.165) is 12.1 Å². The van der Waals surface area contributed by atoms with Crippen molar-refractivity contribution in [3.63, 3.8) is 0 Å². The minimum Gasteiger partial charge on any atom is -0.308 e. The van der Waals surface area contributed by atoms with Crippen LogP contribution in [0, 0.1) is 10.1 Å². The Morgan fingerprint density at radius 3 is 2.06 bits per heavy atom. The van der Waals surface area contributed by atoms with Crippen LogP contribution in [0.25, 0.3) is 0 Å². The summed E-state index contributed by atoms with van der Waals surface area (Å²) in [6.45, 7) is 0. The number of urea groups is 1. The third-order valence-electron chi connectivity index (χ3n) is 4.23. The van der Waals surface area contributed by atoms with Crippen LogP contribution < -0.4 is 15.4 Å². The molecule has 0 saturated heterocycles. The monoisotopic (exact) mass is 480 g/mol. The van der Waals surface area contributed by atoms with Gasteiger partial charge in [0.2, 0.25) is 0 Å². The van der Waals surface area contributed by atoms with Crippen molar-refractivity contribution in [2.24, 2.45) is 0 Å². The first-order chi connectivity index (χ1) is 15.5. The third kappa shape index (κ3) is 5.77. The first-order valence-corrected chi connectivity index (χ1v) is 10.6. The first-order valence-electron chi connectivity index (χ1n) is 9.08. The topological polar surface area (TPSA) is 130 Å². The van der Waals surface area contributed by atoms with Gasteiger partial charge in [0, 0.05) is 17.4 Å². The molecule has 0 aliphatic heterocycles. The maximum Gasteiger partial charge on any atom is 0.417 e. The lowest BCUT2D eigenvalue weighted by Gasteiger charge is -2.14. The number of benzene rings is 3. The Morgan fingerprint density at radius 2 is 1.42 bits per heavy atom. The van der Waals surface area contributed by atoms with Crippen LogP contribution in [0.4, 0.5) is 40.7 Å². The van der Waals surface area contributed by atoms with Crippen molar-refractivity contribution < 1.29 is 31.3 Å². The fourth-order valence-electron chi connectivity index (χ4n) is 2.79. The van der Waals surface area contributed by atoms with Crippen molar-refractivity contribution in [1.82, 2.24) is 0 Å². The molecule has 3 rings (SSSR count). The van der Waals surface area contributed by atoms with Gasteiger partial charge in [-0.15, -0.1) is 0 Å². The van der Waals surface area contributed by atoms with Gasteiger partial charge < -0.3 is 10.6 Å². The highest BCUT2D eigenvalue weighted by molar-refractivity contribution is 7.92.